The molecule has 0 radical (unpaired) electrons. The van der Waals surface area contributed by atoms with E-state index in [0.29, 0.717) is 46.8 Å². The molecular weight excluding hydrogens is 375 g/mol. The normalized spacial score (nSPS) is 12.2. The van der Waals surface area contributed by atoms with E-state index in [4.69, 9.17) is 32.7 Å². The highest BCUT2D eigenvalue weighted by atomic mass is 35.5. The van der Waals surface area contributed by atoms with Crippen molar-refractivity contribution in [2.45, 2.75) is 12.8 Å². The number of nitrogens with one attached hydrogen (secondary N) is 2. The summed E-state index contributed by atoms with van der Waals surface area (Å²) in [5.74, 6) is 1.74. The number of ketones is 1. The lowest BCUT2D eigenvalue weighted by molar-refractivity contribution is -0.121. The summed E-state index contributed by atoms with van der Waals surface area (Å²) in [6.07, 6.45) is 1.12. The molecule has 0 aromatic heterocycles. The summed E-state index contributed by atoms with van der Waals surface area (Å²) in [5.41, 5.74) is 1.71. The van der Waals surface area contributed by atoms with E-state index in [2.05, 4.69) is 17.2 Å². The third-order valence-electron chi connectivity index (χ3n) is 3.74. The summed E-state index contributed by atoms with van der Waals surface area (Å²) >= 11 is 11.8. The Bertz CT molecular complexity index is 840. The number of carbonyl (C=O) groups is 1. The molecular formula is C19H18Cl2N2O3. The molecule has 5 nitrogen and oxygen atoms in total. The number of halogens is 2. The second-order valence-corrected chi connectivity index (χ2v) is 6.61. The molecule has 1 heterocycles. The van der Waals surface area contributed by atoms with Gasteiger partial charge in [0.25, 0.3) is 0 Å². The Kier molecular flexibility index (Phi) is 5.91. The zero-order chi connectivity index (χ0) is 18.5. The smallest absolute Gasteiger partial charge is 0.190 e. The van der Waals surface area contributed by atoms with E-state index in [1.807, 2.05) is 12.1 Å². The van der Waals surface area contributed by atoms with Crippen LogP contribution in [-0.4, -0.2) is 18.9 Å². The van der Waals surface area contributed by atoms with E-state index in [1.165, 1.54) is 0 Å². The van der Waals surface area contributed by atoms with Crippen LogP contribution in [-0.2, 0) is 4.79 Å². The van der Waals surface area contributed by atoms with Crippen molar-refractivity contribution in [3.05, 3.63) is 58.9 Å². The van der Waals surface area contributed by atoms with Crippen LogP contribution in [0, 0.1) is 0 Å². The molecule has 1 aliphatic heterocycles. The summed E-state index contributed by atoms with van der Waals surface area (Å²) in [7, 11) is 0. The minimum Gasteiger partial charge on any atom is -0.486 e. The van der Waals surface area contributed by atoms with Gasteiger partial charge in [-0.25, -0.2) is 0 Å². The molecule has 26 heavy (non-hydrogen) atoms. The minimum absolute atomic E-state index is 0.0277. The van der Waals surface area contributed by atoms with Crippen LogP contribution < -0.4 is 20.1 Å². The number of fused-ring (bicyclic) bond motifs is 1. The molecule has 2 N–H and O–H groups in total. The molecule has 0 saturated carbocycles. The van der Waals surface area contributed by atoms with Crippen molar-refractivity contribution in [1.29, 1.82) is 0 Å². The van der Waals surface area contributed by atoms with Crippen molar-refractivity contribution in [1.82, 2.24) is 0 Å². The van der Waals surface area contributed by atoms with Gasteiger partial charge in [-0.3, -0.25) is 4.79 Å². The lowest BCUT2D eigenvalue weighted by Crippen LogP contribution is -2.13. The average Bonchev–Trinajstić information content (AvgIpc) is 2.99. The van der Waals surface area contributed by atoms with E-state index in [0.717, 1.165) is 11.4 Å². The number of anilines is 2. The third-order valence-corrected chi connectivity index (χ3v) is 4.48. The second kappa shape index (κ2) is 8.34. The number of hydrogen-bond acceptors (Lipinski definition) is 5. The molecule has 2 aromatic rings. The number of Topliss-reactive ketones (excluding diaryl/α,β-unsaturated/α-hetero) is 1. The Morgan fingerprint density at radius 3 is 2.85 bits per heavy atom. The van der Waals surface area contributed by atoms with Gasteiger partial charge in [0, 0.05) is 24.7 Å². The van der Waals surface area contributed by atoms with E-state index in [1.54, 1.807) is 24.3 Å². The maximum absolute atomic E-state index is 12.0. The van der Waals surface area contributed by atoms with Gasteiger partial charge >= 0.3 is 0 Å². The largest absolute Gasteiger partial charge is 0.486 e. The SMILES string of the molecule is C=C1Nc2ccc(OCC(=O)CCCNc3ccc(Cl)c(Cl)c3)cc2O1. The predicted octanol–water partition coefficient (Wildman–Crippen LogP) is 5.11. The Morgan fingerprint density at radius 1 is 1.19 bits per heavy atom. The maximum Gasteiger partial charge on any atom is 0.190 e. The Morgan fingerprint density at radius 2 is 2.04 bits per heavy atom. The van der Waals surface area contributed by atoms with Gasteiger partial charge in [-0.15, -0.1) is 0 Å². The van der Waals surface area contributed by atoms with Gasteiger partial charge < -0.3 is 20.1 Å². The van der Waals surface area contributed by atoms with Gasteiger partial charge in [0.05, 0.1) is 15.7 Å². The standard InChI is InChI=1S/C19H18Cl2N2O3/c1-12-23-18-7-5-15(10-19(18)26-12)25-11-14(24)3-2-8-22-13-4-6-16(20)17(21)9-13/h4-7,9-10,22-23H,1-3,8,11H2. The Hall–Kier alpha value is -2.37. The summed E-state index contributed by atoms with van der Waals surface area (Å²) in [5, 5.41) is 7.20. The van der Waals surface area contributed by atoms with Crippen molar-refractivity contribution in [3.63, 3.8) is 0 Å². The van der Waals surface area contributed by atoms with Crippen LogP contribution >= 0.6 is 23.2 Å². The quantitative estimate of drug-likeness (QED) is 0.611. The summed E-state index contributed by atoms with van der Waals surface area (Å²) in [6, 6.07) is 10.7. The van der Waals surface area contributed by atoms with E-state index < -0.39 is 0 Å². The van der Waals surface area contributed by atoms with Crippen LogP contribution in [0.4, 0.5) is 11.4 Å². The monoisotopic (exact) mass is 392 g/mol. The van der Waals surface area contributed by atoms with E-state index >= 15 is 0 Å². The second-order valence-electron chi connectivity index (χ2n) is 5.79. The fraction of sp³-hybridized carbons (Fsp3) is 0.211. The van der Waals surface area contributed by atoms with E-state index in [9.17, 15) is 4.79 Å². The van der Waals surface area contributed by atoms with Gasteiger partial charge in [-0.2, -0.15) is 0 Å². The van der Waals surface area contributed by atoms with Gasteiger partial charge in [-0.1, -0.05) is 23.2 Å². The summed E-state index contributed by atoms with van der Waals surface area (Å²) < 4.78 is 10.9. The Balaban J connectivity index is 1.37. The third kappa shape index (κ3) is 4.84. The van der Waals surface area contributed by atoms with Crippen LogP contribution in [0.5, 0.6) is 11.5 Å². The first-order valence-electron chi connectivity index (χ1n) is 8.12. The molecule has 3 rings (SSSR count). The lowest BCUT2D eigenvalue weighted by atomic mass is 10.2. The topological polar surface area (TPSA) is 59.6 Å². The molecule has 2 aromatic carbocycles. The highest BCUT2D eigenvalue weighted by Gasteiger charge is 2.15. The molecule has 0 aliphatic carbocycles. The molecule has 0 atom stereocenters. The van der Waals surface area contributed by atoms with Crippen molar-refractivity contribution in [2.24, 2.45) is 0 Å². The van der Waals surface area contributed by atoms with Crippen molar-refractivity contribution in [3.8, 4) is 11.5 Å². The number of hydrogen-bond donors (Lipinski definition) is 2. The predicted molar refractivity (Wildman–Crippen MR) is 105 cm³/mol. The average molecular weight is 393 g/mol. The van der Waals surface area contributed by atoms with E-state index in [-0.39, 0.29) is 12.4 Å². The van der Waals surface area contributed by atoms with Crippen LogP contribution in [0.15, 0.2) is 48.9 Å². The van der Waals surface area contributed by atoms with Crippen LogP contribution in [0.1, 0.15) is 12.8 Å². The van der Waals surface area contributed by atoms with Gasteiger partial charge in [0.2, 0.25) is 0 Å². The molecule has 0 unspecified atom stereocenters. The number of rotatable bonds is 8. The molecule has 0 spiro atoms. The van der Waals surface area contributed by atoms with Gasteiger partial charge in [0.15, 0.2) is 17.4 Å². The van der Waals surface area contributed by atoms with Crippen molar-refractivity contribution < 1.29 is 14.3 Å². The fourth-order valence-corrected chi connectivity index (χ4v) is 2.75. The van der Waals surface area contributed by atoms with Crippen molar-refractivity contribution >= 4 is 40.4 Å². The highest BCUT2D eigenvalue weighted by molar-refractivity contribution is 6.42. The first kappa shape index (κ1) is 18.4. The minimum atomic E-state index is 0.0277. The van der Waals surface area contributed by atoms with Crippen LogP contribution in [0.3, 0.4) is 0 Å². The molecule has 0 fully saturated rings. The molecule has 0 saturated heterocycles. The summed E-state index contributed by atoms with van der Waals surface area (Å²) in [4.78, 5) is 12.0. The molecule has 1 aliphatic rings. The Labute approximate surface area is 161 Å². The number of benzene rings is 2. The lowest BCUT2D eigenvalue weighted by Gasteiger charge is -2.08. The first-order valence-corrected chi connectivity index (χ1v) is 8.88. The maximum atomic E-state index is 12.0. The van der Waals surface area contributed by atoms with Crippen LogP contribution in [0.25, 0.3) is 0 Å². The zero-order valence-electron chi connectivity index (χ0n) is 14.0. The molecule has 136 valence electrons. The zero-order valence-corrected chi connectivity index (χ0v) is 15.5. The molecule has 7 heteroatoms. The first-order chi connectivity index (χ1) is 12.5. The molecule has 0 bridgehead atoms. The van der Waals surface area contributed by atoms with Crippen molar-refractivity contribution in [2.75, 3.05) is 23.8 Å². The number of carbonyl (C=O) groups excluding carboxylic acids is 1. The number of ether oxygens (including phenoxy) is 2. The summed E-state index contributed by atoms with van der Waals surface area (Å²) in [6.45, 7) is 4.38. The fourth-order valence-electron chi connectivity index (χ4n) is 2.45. The van der Waals surface area contributed by atoms with Gasteiger partial charge in [0.1, 0.15) is 12.4 Å². The van der Waals surface area contributed by atoms with Crippen LogP contribution in [0.2, 0.25) is 10.0 Å². The van der Waals surface area contributed by atoms with Gasteiger partial charge in [-0.05, 0) is 43.3 Å². The highest BCUT2D eigenvalue weighted by Crippen LogP contribution is 2.35. The molecule has 0 amide bonds.